The predicted octanol–water partition coefficient (Wildman–Crippen LogP) is 1.79. The molecule has 1 aromatic rings. The third-order valence-electron chi connectivity index (χ3n) is 2.94. The molecule has 15 heavy (non-hydrogen) atoms. The Morgan fingerprint density at radius 2 is 2.33 bits per heavy atom. The van der Waals surface area contributed by atoms with Crippen molar-refractivity contribution in [2.45, 2.75) is 26.4 Å². The Labute approximate surface area is 92.3 Å². The second kappa shape index (κ2) is 4.77. The minimum atomic E-state index is 0.628. The number of aryl methyl sites for hydroxylation is 1. The molecule has 1 heterocycles. The minimum absolute atomic E-state index is 0.628. The van der Waals surface area contributed by atoms with Gasteiger partial charge in [0.1, 0.15) is 0 Å². The van der Waals surface area contributed by atoms with Gasteiger partial charge in [-0.05, 0) is 19.4 Å². The molecule has 0 saturated carbocycles. The van der Waals surface area contributed by atoms with Crippen LogP contribution in [0.1, 0.15) is 18.1 Å². The van der Waals surface area contributed by atoms with Crippen molar-refractivity contribution < 1.29 is 0 Å². The number of benzene rings is 1. The molecule has 0 unspecified atom stereocenters. The molecule has 2 rings (SSSR count). The molecule has 1 saturated heterocycles. The van der Waals surface area contributed by atoms with Crippen LogP contribution in [-0.2, 0) is 6.54 Å². The van der Waals surface area contributed by atoms with Gasteiger partial charge >= 0.3 is 0 Å². The highest BCUT2D eigenvalue weighted by Crippen LogP contribution is 2.09. The first-order chi connectivity index (χ1) is 7.24. The number of hydrogen-bond donors (Lipinski definition) is 1. The Morgan fingerprint density at radius 1 is 1.47 bits per heavy atom. The highest BCUT2D eigenvalue weighted by atomic mass is 15.2. The van der Waals surface area contributed by atoms with Crippen molar-refractivity contribution in [3.8, 4) is 0 Å². The fourth-order valence-corrected chi connectivity index (χ4v) is 2.22. The maximum Gasteiger partial charge on any atom is 0.0235 e. The van der Waals surface area contributed by atoms with Gasteiger partial charge in [-0.15, -0.1) is 0 Å². The van der Waals surface area contributed by atoms with Crippen LogP contribution in [0.3, 0.4) is 0 Å². The van der Waals surface area contributed by atoms with Crippen LogP contribution in [0.25, 0.3) is 0 Å². The summed E-state index contributed by atoms with van der Waals surface area (Å²) >= 11 is 0. The van der Waals surface area contributed by atoms with E-state index in [1.807, 2.05) is 0 Å². The fourth-order valence-electron chi connectivity index (χ4n) is 2.22. The zero-order valence-electron chi connectivity index (χ0n) is 9.66. The molecule has 0 aliphatic carbocycles. The van der Waals surface area contributed by atoms with Gasteiger partial charge in [-0.25, -0.2) is 0 Å². The number of rotatable bonds is 2. The average Bonchev–Trinajstić information content (AvgIpc) is 2.17. The summed E-state index contributed by atoms with van der Waals surface area (Å²) in [5, 5.41) is 3.47. The van der Waals surface area contributed by atoms with E-state index in [1.54, 1.807) is 0 Å². The maximum atomic E-state index is 3.47. The van der Waals surface area contributed by atoms with Crippen LogP contribution in [0.4, 0.5) is 0 Å². The fraction of sp³-hybridized carbons (Fsp3) is 0.538. The first-order valence-corrected chi connectivity index (χ1v) is 5.75. The third kappa shape index (κ3) is 3.05. The molecule has 1 atom stereocenters. The number of nitrogens with one attached hydrogen (secondary N) is 1. The molecule has 0 amide bonds. The Morgan fingerprint density at radius 3 is 3.07 bits per heavy atom. The molecule has 1 fully saturated rings. The lowest BCUT2D eigenvalue weighted by Gasteiger charge is -2.31. The highest BCUT2D eigenvalue weighted by Gasteiger charge is 2.15. The number of hydrogen-bond acceptors (Lipinski definition) is 2. The van der Waals surface area contributed by atoms with Crippen molar-refractivity contribution in [3.05, 3.63) is 35.4 Å². The lowest BCUT2D eigenvalue weighted by atomic mass is 10.1. The normalized spacial score (nSPS) is 22.9. The van der Waals surface area contributed by atoms with E-state index in [9.17, 15) is 0 Å². The molecule has 0 radical (unpaired) electrons. The van der Waals surface area contributed by atoms with Crippen LogP contribution in [0, 0.1) is 6.92 Å². The third-order valence-corrected chi connectivity index (χ3v) is 2.94. The quantitative estimate of drug-likeness (QED) is 0.790. The standard InChI is InChI=1S/C13H20N2/c1-11-4-3-5-13(8-11)10-15-7-6-14-12(2)9-15/h3-5,8,12,14H,6-7,9-10H2,1-2H3/t12-/m0/s1. The van der Waals surface area contributed by atoms with Crippen LogP contribution in [0.2, 0.25) is 0 Å². The van der Waals surface area contributed by atoms with Gasteiger partial charge < -0.3 is 5.32 Å². The van der Waals surface area contributed by atoms with Gasteiger partial charge in [0.15, 0.2) is 0 Å². The van der Waals surface area contributed by atoms with Gasteiger partial charge in [0.05, 0.1) is 0 Å². The molecular formula is C13H20N2. The Hall–Kier alpha value is -0.860. The molecular weight excluding hydrogens is 184 g/mol. The zero-order valence-corrected chi connectivity index (χ0v) is 9.66. The summed E-state index contributed by atoms with van der Waals surface area (Å²) in [6, 6.07) is 9.44. The Balaban J connectivity index is 1.96. The van der Waals surface area contributed by atoms with Crippen molar-refractivity contribution in [1.82, 2.24) is 10.2 Å². The summed E-state index contributed by atoms with van der Waals surface area (Å²) in [6.45, 7) is 8.94. The predicted molar refractivity (Wildman–Crippen MR) is 63.9 cm³/mol. The van der Waals surface area contributed by atoms with Gasteiger partial charge in [0.25, 0.3) is 0 Å². The van der Waals surface area contributed by atoms with Crippen LogP contribution in [0.5, 0.6) is 0 Å². The van der Waals surface area contributed by atoms with Gasteiger partial charge in [-0.2, -0.15) is 0 Å². The topological polar surface area (TPSA) is 15.3 Å². The summed E-state index contributed by atoms with van der Waals surface area (Å²) in [7, 11) is 0. The molecule has 1 aromatic carbocycles. The van der Waals surface area contributed by atoms with Gasteiger partial charge in [-0.3, -0.25) is 4.90 Å². The molecule has 2 nitrogen and oxygen atoms in total. The minimum Gasteiger partial charge on any atom is -0.312 e. The maximum absolute atomic E-state index is 3.47. The summed E-state index contributed by atoms with van der Waals surface area (Å²) in [4.78, 5) is 2.52. The van der Waals surface area contributed by atoms with E-state index >= 15 is 0 Å². The van der Waals surface area contributed by atoms with E-state index < -0.39 is 0 Å². The monoisotopic (exact) mass is 204 g/mol. The molecule has 0 bridgehead atoms. The van der Waals surface area contributed by atoms with E-state index in [-0.39, 0.29) is 0 Å². The van der Waals surface area contributed by atoms with Gasteiger partial charge in [-0.1, -0.05) is 29.8 Å². The molecule has 0 spiro atoms. The van der Waals surface area contributed by atoms with Crippen molar-refractivity contribution >= 4 is 0 Å². The highest BCUT2D eigenvalue weighted by molar-refractivity contribution is 5.22. The van der Waals surface area contributed by atoms with E-state index in [0.29, 0.717) is 6.04 Å². The molecule has 1 aliphatic rings. The molecule has 2 heteroatoms. The number of nitrogens with zero attached hydrogens (tertiary/aromatic N) is 1. The van der Waals surface area contributed by atoms with E-state index in [1.165, 1.54) is 11.1 Å². The van der Waals surface area contributed by atoms with Crippen LogP contribution in [-0.4, -0.2) is 30.6 Å². The van der Waals surface area contributed by atoms with E-state index in [2.05, 4.69) is 48.3 Å². The average molecular weight is 204 g/mol. The largest absolute Gasteiger partial charge is 0.312 e. The zero-order chi connectivity index (χ0) is 10.7. The summed E-state index contributed by atoms with van der Waals surface area (Å²) in [5.74, 6) is 0. The van der Waals surface area contributed by atoms with E-state index in [0.717, 1.165) is 26.2 Å². The Bertz CT molecular complexity index is 322. The first-order valence-electron chi connectivity index (χ1n) is 5.75. The van der Waals surface area contributed by atoms with Crippen LogP contribution >= 0.6 is 0 Å². The van der Waals surface area contributed by atoms with Crippen molar-refractivity contribution in [2.75, 3.05) is 19.6 Å². The number of piperazine rings is 1. The van der Waals surface area contributed by atoms with Crippen molar-refractivity contribution in [2.24, 2.45) is 0 Å². The lowest BCUT2D eigenvalue weighted by molar-refractivity contribution is 0.199. The van der Waals surface area contributed by atoms with Gasteiger partial charge in [0, 0.05) is 32.2 Å². The molecule has 1 N–H and O–H groups in total. The summed E-state index contributed by atoms with van der Waals surface area (Å²) in [5.41, 5.74) is 2.79. The van der Waals surface area contributed by atoms with E-state index in [4.69, 9.17) is 0 Å². The molecule has 0 aromatic heterocycles. The summed E-state index contributed by atoms with van der Waals surface area (Å²) in [6.07, 6.45) is 0. The molecule has 82 valence electrons. The van der Waals surface area contributed by atoms with Crippen LogP contribution < -0.4 is 5.32 Å². The van der Waals surface area contributed by atoms with Crippen LogP contribution in [0.15, 0.2) is 24.3 Å². The second-order valence-electron chi connectivity index (χ2n) is 4.58. The summed E-state index contributed by atoms with van der Waals surface area (Å²) < 4.78 is 0. The van der Waals surface area contributed by atoms with Crippen molar-refractivity contribution in [1.29, 1.82) is 0 Å². The lowest BCUT2D eigenvalue weighted by Crippen LogP contribution is -2.48. The first kappa shape index (κ1) is 10.7. The Kier molecular flexibility index (Phi) is 3.39. The SMILES string of the molecule is Cc1cccc(CN2CCN[C@@H](C)C2)c1. The van der Waals surface area contributed by atoms with Crippen molar-refractivity contribution in [3.63, 3.8) is 0 Å². The second-order valence-corrected chi connectivity index (χ2v) is 4.58. The smallest absolute Gasteiger partial charge is 0.0235 e. The molecule has 1 aliphatic heterocycles. The van der Waals surface area contributed by atoms with Gasteiger partial charge in [0.2, 0.25) is 0 Å².